The normalized spacial score (nSPS) is 14.9. The van der Waals surface area contributed by atoms with Gasteiger partial charge in [-0.3, -0.25) is 4.79 Å². The lowest BCUT2D eigenvalue weighted by Crippen LogP contribution is -1.93. The second-order valence-corrected chi connectivity index (χ2v) is 3.01. The van der Waals surface area contributed by atoms with E-state index in [0.717, 1.165) is 16.9 Å². The van der Waals surface area contributed by atoms with Gasteiger partial charge in [0.15, 0.2) is 0 Å². The van der Waals surface area contributed by atoms with Crippen molar-refractivity contribution in [3.63, 3.8) is 0 Å². The largest absolute Gasteiger partial charge is 0.496 e. The molecular weight excluding hydrogens is 180 g/mol. The van der Waals surface area contributed by atoms with E-state index >= 15 is 0 Å². The molecule has 2 rings (SSSR count). The molecule has 0 amide bonds. The van der Waals surface area contributed by atoms with Gasteiger partial charge in [-0.15, -0.1) is 0 Å². The minimum absolute atomic E-state index is 0.217. The summed E-state index contributed by atoms with van der Waals surface area (Å²) >= 11 is 0. The lowest BCUT2D eigenvalue weighted by molar-refractivity contribution is -0.135. The highest BCUT2D eigenvalue weighted by Gasteiger charge is 2.18. The van der Waals surface area contributed by atoms with Crippen LogP contribution in [0.3, 0.4) is 0 Å². The van der Waals surface area contributed by atoms with E-state index < -0.39 is 0 Å². The number of rotatable bonds is 2. The Balaban J connectivity index is 2.36. The number of esters is 1. The van der Waals surface area contributed by atoms with Crippen LogP contribution in [0.1, 0.15) is 12.0 Å². The predicted molar refractivity (Wildman–Crippen MR) is 51.7 cm³/mol. The van der Waals surface area contributed by atoms with Crippen LogP contribution in [0.4, 0.5) is 0 Å². The summed E-state index contributed by atoms with van der Waals surface area (Å²) in [5.74, 6) is 0.544. The van der Waals surface area contributed by atoms with E-state index in [2.05, 4.69) is 0 Å². The number of hydrogen-bond donors (Lipinski definition) is 0. The van der Waals surface area contributed by atoms with E-state index in [9.17, 15) is 4.79 Å². The molecule has 0 atom stereocenters. The molecule has 0 N–H and O–H groups in total. The number of ether oxygens (including phenoxy) is 2. The van der Waals surface area contributed by atoms with Gasteiger partial charge in [0.2, 0.25) is 0 Å². The maximum absolute atomic E-state index is 10.9. The smallest absolute Gasteiger partial charge is 0.315 e. The van der Waals surface area contributed by atoms with Gasteiger partial charge >= 0.3 is 5.97 Å². The number of para-hydroxylation sites is 1. The molecule has 1 aromatic carbocycles. The first-order valence-corrected chi connectivity index (χ1v) is 4.33. The molecule has 1 heterocycles. The lowest BCUT2D eigenvalue weighted by atomic mass is 10.0. The summed E-state index contributed by atoms with van der Waals surface area (Å²) in [6, 6.07) is 7.56. The fraction of sp³-hybridized carbons (Fsp3) is 0.182. The summed E-state index contributed by atoms with van der Waals surface area (Å²) in [5.41, 5.74) is 1.79. The van der Waals surface area contributed by atoms with Gasteiger partial charge in [-0.1, -0.05) is 18.2 Å². The zero-order valence-corrected chi connectivity index (χ0v) is 7.82. The second kappa shape index (κ2) is 3.54. The van der Waals surface area contributed by atoms with Crippen LogP contribution in [0.15, 0.2) is 30.5 Å². The van der Waals surface area contributed by atoms with Gasteiger partial charge in [-0.05, 0) is 6.07 Å². The van der Waals surface area contributed by atoms with Crippen molar-refractivity contribution in [2.24, 2.45) is 0 Å². The molecule has 3 nitrogen and oxygen atoms in total. The van der Waals surface area contributed by atoms with Crippen molar-refractivity contribution < 1.29 is 14.3 Å². The number of methoxy groups -OCH3 is 1. The minimum atomic E-state index is -0.217. The average Bonchev–Trinajstić information content (AvgIpc) is 2.65. The summed E-state index contributed by atoms with van der Waals surface area (Å²) < 4.78 is 9.95. The Labute approximate surface area is 81.9 Å². The van der Waals surface area contributed by atoms with E-state index in [1.54, 1.807) is 7.11 Å². The molecule has 0 aliphatic carbocycles. The molecule has 0 unspecified atom stereocenters. The molecule has 1 aliphatic heterocycles. The highest BCUT2D eigenvalue weighted by atomic mass is 16.5. The molecule has 0 fully saturated rings. The zero-order chi connectivity index (χ0) is 9.97. The first-order chi connectivity index (χ1) is 6.81. The zero-order valence-electron chi connectivity index (χ0n) is 7.82. The Hall–Kier alpha value is -1.77. The highest BCUT2D eigenvalue weighted by molar-refractivity contribution is 5.90. The Kier molecular flexibility index (Phi) is 2.23. The molecule has 0 bridgehead atoms. The predicted octanol–water partition coefficient (Wildman–Crippen LogP) is 1.98. The Bertz CT molecular complexity index is 393. The second-order valence-electron chi connectivity index (χ2n) is 3.01. The van der Waals surface area contributed by atoms with Gasteiger partial charge < -0.3 is 9.47 Å². The maximum Gasteiger partial charge on any atom is 0.315 e. The van der Waals surface area contributed by atoms with Crippen molar-refractivity contribution in [1.29, 1.82) is 0 Å². The van der Waals surface area contributed by atoms with Crippen molar-refractivity contribution in [3.8, 4) is 5.75 Å². The van der Waals surface area contributed by atoms with E-state index in [1.165, 1.54) is 6.26 Å². The van der Waals surface area contributed by atoms with Gasteiger partial charge in [0.05, 0.1) is 19.8 Å². The minimum Gasteiger partial charge on any atom is -0.496 e. The molecule has 0 saturated heterocycles. The fourth-order valence-electron chi connectivity index (χ4n) is 1.44. The van der Waals surface area contributed by atoms with Gasteiger partial charge in [-0.25, -0.2) is 0 Å². The SMILES string of the molecule is COc1ccccc1C1=COC(=O)C1. The molecule has 1 aliphatic rings. The van der Waals surface area contributed by atoms with Crippen LogP contribution in [0.25, 0.3) is 5.57 Å². The third-order valence-electron chi connectivity index (χ3n) is 2.12. The highest BCUT2D eigenvalue weighted by Crippen LogP contribution is 2.30. The van der Waals surface area contributed by atoms with Gasteiger partial charge in [0.25, 0.3) is 0 Å². The Morgan fingerprint density at radius 3 is 2.79 bits per heavy atom. The Morgan fingerprint density at radius 1 is 1.36 bits per heavy atom. The summed E-state index contributed by atoms with van der Waals surface area (Å²) in [5, 5.41) is 0. The molecule has 72 valence electrons. The van der Waals surface area contributed by atoms with Crippen molar-refractivity contribution >= 4 is 11.5 Å². The molecule has 0 saturated carbocycles. The summed E-state index contributed by atoms with van der Waals surface area (Å²) in [6.07, 6.45) is 1.81. The molecule has 1 aromatic rings. The van der Waals surface area contributed by atoms with Gasteiger partial charge in [0.1, 0.15) is 5.75 Å². The van der Waals surface area contributed by atoms with E-state index in [-0.39, 0.29) is 5.97 Å². The van der Waals surface area contributed by atoms with Crippen LogP contribution in [0.5, 0.6) is 5.75 Å². The number of cyclic esters (lactones) is 1. The van der Waals surface area contributed by atoms with Gasteiger partial charge in [-0.2, -0.15) is 0 Å². The van der Waals surface area contributed by atoms with Crippen LogP contribution >= 0.6 is 0 Å². The van der Waals surface area contributed by atoms with Crippen molar-refractivity contribution in [2.75, 3.05) is 7.11 Å². The summed E-state index contributed by atoms with van der Waals surface area (Å²) in [7, 11) is 1.61. The van der Waals surface area contributed by atoms with Crippen molar-refractivity contribution in [2.45, 2.75) is 6.42 Å². The molecule has 0 aromatic heterocycles. The first kappa shape index (κ1) is 8.81. The maximum atomic E-state index is 10.9. The molecule has 0 radical (unpaired) electrons. The summed E-state index contributed by atoms with van der Waals surface area (Å²) in [4.78, 5) is 10.9. The first-order valence-electron chi connectivity index (χ1n) is 4.33. The van der Waals surface area contributed by atoms with E-state index in [1.807, 2.05) is 24.3 Å². The Morgan fingerprint density at radius 2 is 2.14 bits per heavy atom. The van der Waals surface area contributed by atoms with Crippen LogP contribution in [0.2, 0.25) is 0 Å². The summed E-state index contributed by atoms with van der Waals surface area (Å²) in [6.45, 7) is 0. The molecular formula is C11H10O3. The van der Waals surface area contributed by atoms with Gasteiger partial charge in [0, 0.05) is 11.1 Å². The fourth-order valence-corrected chi connectivity index (χ4v) is 1.44. The van der Waals surface area contributed by atoms with Crippen molar-refractivity contribution in [1.82, 2.24) is 0 Å². The van der Waals surface area contributed by atoms with E-state index in [4.69, 9.17) is 9.47 Å². The lowest BCUT2D eigenvalue weighted by Gasteiger charge is -2.06. The number of carbonyl (C=O) groups excluding carboxylic acids is 1. The number of hydrogen-bond acceptors (Lipinski definition) is 3. The third kappa shape index (κ3) is 1.48. The molecule has 14 heavy (non-hydrogen) atoms. The topological polar surface area (TPSA) is 35.5 Å². The monoisotopic (exact) mass is 190 g/mol. The van der Waals surface area contributed by atoms with Crippen LogP contribution in [-0.4, -0.2) is 13.1 Å². The molecule has 0 spiro atoms. The van der Waals surface area contributed by atoms with Crippen LogP contribution in [0, 0.1) is 0 Å². The van der Waals surface area contributed by atoms with Crippen molar-refractivity contribution in [3.05, 3.63) is 36.1 Å². The van der Waals surface area contributed by atoms with Crippen LogP contribution < -0.4 is 4.74 Å². The quantitative estimate of drug-likeness (QED) is 0.669. The molecule has 3 heteroatoms. The van der Waals surface area contributed by atoms with E-state index in [0.29, 0.717) is 6.42 Å². The third-order valence-corrected chi connectivity index (χ3v) is 2.12. The average molecular weight is 190 g/mol. The number of carbonyl (C=O) groups is 1. The standard InChI is InChI=1S/C11H10O3/c1-13-10-5-3-2-4-9(10)8-6-11(12)14-7-8/h2-5,7H,6H2,1H3. The number of benzene rings is 1. The van der Waals surface area contributed by atoms with Crippen LogP contribution in [-0.2, 0) is 9.53 Å².